The number of fused-ring (bicyclic) bond motifs is 1. The number of benzene rings is 2. The minimum atomic E-state index is -0.253. The molecule has 0 radical (unpaired) electrons. The molecule has 2 heterocycles. The zero-order chi connectivity index (χ0) is 17.4. The van der Waals surface area contributed by atoms with Gasteiger partial charge < -0.3 is 9.84 Å². The highest BCUT2D eigenvalue weighted by molar-refractivity contribution is 6.05. The Bertz CT molecular complexity index is 1060. The second-order valence-electron chi connectivity index (χ2n) is 5.95. The Kier molecular flexibility index (Phi) is 3.57. The normalized spacial score (nSPS) is 11.0. The molecule has 6 nitrogen and oxygen atoms in total. The summed E-state index contributed by atoms with van der Waals surface area (Å²) in [5.41, 5.74) is 5.69. The fourth-order valence-electron chi connectivity index (χ4n) is 2.89. The second kappa shape index (κ2) is 5.90. The van der Waals surface area contributed by atoms with Crippen LogP contribution < -0.4 is 5.32 Å². The molecule has 0 spiro atoms. The molecule has 0 saturated heterocycles. The van der Waals surface area contributed by atoms with Crippen LogP contribution in [0.1, 0.15) is 21.5 Å². The maximum absolute atomic E-state index is 12.3. The summed E-state index contributed by atoms with van der Waals surface area (Å²) in [6.45, 7) is 4.15. The minimum absolute atomic E-state index is 0.253. The summed E-state index contributed by atoms with van der Waals surface area (Å²) in [6.07, 6.45) is 3.19. The van der Waals surface area contributed by atoms with Gasteiger partial charge in [0.2, 0.25) is 0 Å². The van der Waals surface area contributed by atoms with E-state index in [1.54, 1.807) is 24.5 Å². The number of rotatable bonds is 3. The summed E-state index contributed by atoms with van der Waals surface area (Å²) in [4.78, 5) is 16.7. The van der Waals surface area contributed by atoms with Crippen molar-refractivity contribution in [2.45, 2.75) is 13.8 Å². The van der Waals surface area contributed by atoms with Crippen LogP contribution in [0.4, 0.5) is 5.82 Å². The van der Waals surface area contributed by atoms with Gasteiger partial charge in [0.15, 0.2) is 5.82 Å². The quantitative estimate of drug-likeness (QED) is 0.618. The third-order valence-corrected chi connectivity index (χ3v) is 4.10. The molecule has 0 saturated carbocycles. The first-order valence-corrected chi connectivity index (χ1v) is 7.88. The first-order valence-electron chi connectivity index (χ1n) is 7.88. The molecule has 0 aliphatic rings. The molecule has 2 aromatic heterocycles. The number of carbonyl (C=O) groups excluding carboxylic acids is 1. The molecule has 2 aromatic carbocycles. The molecule has 6 heteroatoms. The topological polar surface area (TPSA) is 73.0 Å². The van der Waals surface area contributed by atoms with Gasteiger partial charge in [-0.3, -0.25) is 9.36 Å². The number of anilines is 1. The standard InChI is InChI=1S/C19H16N4O2/c1-12-3-5-16(13(2)9-12)23-11-20-15-10-14(4-6-17(15)23)19(24)21-18-7-8-25-22-18/h3-11H,1-2H3,(H,21,22,24). The number of aromatic nitrogens is 3. The number of imidazole rings is 1. The molecule has 0 fully saturated rings. The maximum Gasteiger partial charge on any atom is 0.256 e. The summed E-state index contributed by atoms with van der Waals surface area (Å²) in [7, 11) is 0. The van der Waals surface area contributed by atoms with E-state index in [-0.39, 0.29) is 5.91 Å². The Morgan fingerprint density at radius 3 is 2.76 bits per heavy atom. The molecule has 0 aliphatic carbocycles. The number of aryl methyl sites for hydroxylation is 2. The second-order valence-corrected chi connectivity index (χ2v) is 5.95. The van der Waals surface area contributed by atoms with E-state index in [1.165, 1.54) is 17.4 Å². The van der Waals surface area contributed by atoms with Crippen LogP contribution in [-0.4, -0.2) is 20.6 Å². The van der Waals surface area contributed by atoms with Crippen molar-refractivity contribution in [3.63, 3.8) is 0 Å². The molecule has 0 atom stereocenters. The van der Waals surface area contributed by atoms with Crippen molar-refractivity contribution in [3.8, 4) is 5.69 Å². The van der Waals surface area contributed by atoms with Crippen molar-refractivity contribution in [2.75, 3.05) is 5.32 Å². The van der Waals surface area contributed by atoms with Crippen LogP contribution in [0.5, 0.6) is 0 Å². The summed E-state index contributed by atoms with van der Waals surface area (Å²) in [5.74, 6) is 0.128. The SMILES string of the molecule is Cc1ccc(-n2cnc3cc(C(=O)Nc4ccon4)ccc32)c(C)c1. The first-order chi connectivity index (χ1) is 12.1. The molecule has 25 heavy (non-hydrogen) atoms. The Hall–Kier alpha value is -3.41. The predicted molar refractivity (Wildman–Crippen MR) is 95.0 cm³/mol. The predicted octanol–water partition coefficient (Wildman–Crippen LogP) is 3.88. The lowest BCUT2D eigenvalue weighted by Crippen LogP contribution is -2.11. The third kappa shape index (κ3) is 2.78. The number of nitrogens with one attached hydrogen (secondary N) is 1. The average molecular weight is 332 g/mol. The number of nitrogens with zero attached hydrogens (tertiary/aromatic N) is 3. The van der Waals surface area contributed by atoms with E-state index in [4.69, 9.17) is 4.52 Å². The minimum Gasteiger partial charge on any atom is -0.363 e. The van der Waals surface area contributed by atoms with Gasteiger partial charge in [-0.25, -0.2) is 4.98 Å². The largest absolute Gasteiger partial charge is 0.363 e. The van der Waals surface area contributed by atoms with Gasteiger partial charge in [-0.1, -0.05) is 22.9 Å². The molecule has 4 aromatic rings. The lowest BCUT2D eigenvalue weighted by atomic mass is 10.1. The maximum atomic E-state index is 12.3. The summed E-state index contributed by atoms with van der Waals surface area (Å²) in [5, 5.41) is 6.36. The highest BCUT2D eigenvalue weighted by atomic mass is 16.5. The molecular weight excluding hydrogens is 316 g/mol. The van der Waals surface area contributed by atoms with Crippen molar-refractivity contribution in [2.24, 2.45) is 0 Å². The molecular formula is C19H16N4O2. The van der Waals surface area contributed by atoms with Gasteiger partial charge in [0.05, 0.1) is 16.7 Å². The molecule has 1 amide bonds. The van der Waals surface area contributed by atoms with E-state index in [2.05, 4.69) is 47.5 Å². The smallest absolute Gasteiger partial charge is 0.256 e. The third-order valence-electron chi connectivity index (χ3n) is 4.10. The average Bonchev–Trinajstić information content (AvgIpc) is 3.24. The van der Waals surface area contributed by atoms with E-state index in [1.807, 2.05) is 10.6 Å². The van der Waals surface area contributed by atoms with E-state index >= 15 is 0 Å². The summed E-state index contributed by atoms with van der Waals surface area (Å²) < 4.78 is 6.74. The first kappa shape index (κ1) is 15.1. The summed E-state index contributed by atoms with van der Waals surface area (Å²) >= 11 is 0. The molecule has 0 aliphatic heterocycles. The van der Waals surface area contributed by atoms with Crippen LogP contribution in [-0.2, 0) is 0 Å². The van der Waals surface area contributed by atoms with Gasteiger partial charge >= 0.3 is 0 Å². The van der Waals surface area contributed by atoms with Gasteiger partial charge in [-0.15, -0.1) is 0 Å². The lowest BCUT2D eigenvalue weighted by Gasteiger charge is -2.09. The summed E-state index contributed by atoms with van der Waals surface area (Å²) in [6, 6.07) is 13.3. The van der Waals surface area contributed by atoms with E-state index in [0.29, 0.717) is 11.4 Å². The Morgan fingerprint density at radius 1 is 1.12 bits per heavy atom. The molecule has 4 rings (SSSR count). The van der Waals surface area contributed by atoms with Crippen LogP contribution in [0, 0.1) is 13.8 Å². The number of carbonyl (C=O) groups is 1. The zero-order valence-corrected chi connectivity index (χ0v) is 13.9. The Morgan fingerprint density at radius 2 is 2.00 bits per heavy atom. The van der Waals surface area contributed by atoms with Crippen LogP contribution in [0.15, 0.2) is 59.6 Å². The van der Waals surface area contributed by atoms with Crippen molar-refractivity contribution < 1.29 is 9.32 Å². The Labute approximate surface area is 144 Å². The van der Waals surface area contributed by atoms with Crippen molar-refractivity contribution in [1.29, 1.82) is 0 Å². The van der Waals surface area contributed by atoms with Crippen molar-refractivity contribution in [3.05, 3.63) is 71.7 Å². The van der Waals surface area contributed by atoms with Crippen LogP contribution in [0.3, 0.4) is 0 Å². The number of hydrogen-bond acceptors (Lipinski definition) is 4. The van der Waals surface area contributed by atoms with Crippen LogP contribution in [0.2, 0.25) is 0 Å². The van der Waals surface area contributed by atoms with Crippen LogP contribution in [0.25, 0.3) is 16.7 Å². The fraction of sp³-hybridized carbons (Fsp3) is 0.105. The van der Waals surface area contributed by atoms with Gasteiger partial charge in [0.25, 0.3) is 5.91 Å². The fourth-order valence-corrected chi connectivity index (χ4v) is 2.89. The molecule has 124 valence electrons. The lowest BCUT2D eigenvalue weighted by molar-refractivity contribution is 0.102. The van der Waals surface area contributed by atoms with Crippen molar-refractivity contribution in [1.82, 2.24) is 14.7 Å². The number of hydrogen-bond donors (Lipinski definition) is 1. The van der Waals surface area contributed by atoms with E-state index < -0.39 is 0 Å². The van der Waals surface area contributed by atoms with E-state index in [9.17, 15) is 4.79 Å². The van der Waals surface area contributed by atoms with Gasteiger partial charge in [0, 0.05) is 11.6 Å². The molecule has 1 N–H and O–H groups in total. The van der Waals surface area contributed by atoms with Crippen molar-refractivity contribution >= 4 is 22.8 Å². The monoisotopic (exact) mass is 332 g/mol. The zero-order valence-electron chi connectivity index (χ0n) is 13.9. The van der Waals surface area contributed by atoms with Gasteiger partial charge in [-0.2, -0.15) is 0 Å². The Balaban J connectivity index is 1.70. The van der Waals surface area contributed by atoms with Gasteiger partial charge in [-0.05, 0) is 43.7 Å². The molecule has 0 bridgehead atoms. The molecule has 0 unspecified atom stereocenters. The highest BCUT2D eigenvalue weighted by Crippen LogP contribution is 2.23. The van der Waals surface area contributed by atoms with E-state index in [0.717, 1.165) is 16.7 Å². The van der Waals surface area contributed by atoms with Crippen LogP contribution >= 0.6 is 0 Å². The highest BCUT2D eigenvalue weighted by Gasteiger charge is 2.12. The van der Waals surface area contributed by atoms with Gasteiger partial charge in [0.1, 0.15) is 12.6 Å². The number of amides is 1.